The summed E-state index contributed by atoms with van der Waals surface area (Å²) in [5.41, 5.74) is -1.57. The van der Waals surface area contributed by atoms with Crippen LogP contribution in [0.5, 0.6) is 0 Å². The van der Waals surface area contributed by atoms with E-state index in [0.717, 1.165) is 6.00 Å². The van der Waals surface area contributed by atoms with Crippen LogP contribution in [0.2, 0.25) is 0 Å². The van der Waals surface area contributed by atoms with Crippen LogP contribution >= 0.6 is 0 Å². The van der Waals surface area contributed by atoms with Gasteiger partial charge in [0.1, 0.15) is 12.0 Å². The predicted molar refractivity (Wildman–Crippen MR) is 71.5 cm³/mol. The van der Waals surface area contributed by atoms with Crippen LogP contribution in [-0.4, -0.2) is 29.9 Å². The number of rotatable bonds is 7. The molecule has 0 saturated heterocycles. The van der Waals surface area contributed by atoms with Gasteiger partial charge in [-0.15, -0.1) is 0 Å². The molecule has 0 rings (SSSR count). The molecule has 0 atom stereocenters. The van der Waals surface area contributed by atoms with Gasteiger partial charge in [-0.2, -0.15) is 0 Å². The van der Waals surface area contributed by atoms with E-state index in [2.05, 4.69) is 13.8 Å². The number of aliphatic hydroxyl groups is 1. The van der Waals surface area contributed by atoms with Crippen molar-refractivity contribution >= 4 is 7.48 Å². The van der Waals surface area contributed by atoms with Crippen LogP contribution in [-0.2, 0) is 9.39 Å². The zero-order valence-electron chi connectivity index (χ0n) is 12.5. The van der Waals surface area contributed by atoms with Crippen molar-refractivity contribution < 1.29 is 14.5 Å². The summed E-state index contributed by atoms with van der Waals surface area (Å²) in [6.45, 7) is 15.3. The van der Waals surface area contributed by atoms with Crippen molar-refractivity contribution in [3.8, 4) is 0 Å². The fraction of sp³-hybridized carbons (Fsp3) is 0.923. The van der Waals surface area contributed by atoms with E-state index in [0.29, 0.717) is 0 Å². The number of hydrogen-bond acceptors (Lipinski definition) is 3. The minimum Gasteiger partial charge on any atom is -0.388 e. The van der Waals surface area contributed by atoms with Gasteiger partial charge in [0.25, 0.3) is 0 Å². The van der Waals surface area contributed by atoms with Gasteiger partial charge >= 0.3 is 7.48 Å². The largest absolute Gasteiger partial charge is 0.643 e. The Balaban J connectivity index is 4.40. The third-order valence-electron chi connectivity index (χ3n) is 2.88. The third-order valence-corrected chi connectivity index (χ3v) is 2.88. The van der Waals surface area contributed by atoms with Crippen LogP contribution in [0.15, 0.2) is 0 Å². The fourth-order valence-corrected chi connectivity index (χ4v) is 0.922. The molecule has 1 radical (unpaired) electrons. The lowest BCUT2D eigenvalue weighted by atomic mass is 9.79. The zero-order chi connectivity index (χ0) is 13.9. The molecule has 3 nitrogen and oxygen atoms in total. The van der Waals surface area contributed by atoms with Gasteiger partial charge in [0.15, 0.2) is 0 Å². The van der Waals surface area contributed by atoms with Crippen molar-refractivity contribution in [2.24, 2.45) is 5.92 Å². The van der Waals surface area contributed by atoms with Crippen LogP contribution < -0.4 is 0 Å². The van der Waals surface area contributed by atoms with Gasteiger partial charge in [-0.25, -0.2) is 4.74 Å². The molecule has 0 aliphatic rings. The van der Waals surface area contributed by atoms with E-state index >= 15 is 0 Å². The highest BCUT2D eigenvalue weighted by atomic mass is 16.5. The summed E-state index contributed by atoms with van der Waals surface area (Å²) in [5, 5.41) is 9.98. The van der Waals surface area contributed by atoms with Crippen LogP contribution in [0.25, 0.3) is 0 Å². The zero-order valence-corrected chi connectivity index (χ0v) is 12.5. The van der Waals surface area contributed by atoms with Crippen molar-refractivity contribution in [2.45, 2.75) is 72.7 Å². The van der Waals surface area contributed by atoms with Crippen molar-refractivity contribution in [3.63, 3.8) is 0 Å². The van der Waals surface area contributed by atoms with E-state index in [1.807, 2.05) is 27.7 Å². The molecule has 17 heavy (non-hydrogen) atoms. The first-order chi connectivity index (χ1) is 7.47. The summed E-state index contributed by atoms with van der Waals surface area (Å²) in [6, 6.07) is 0.803. The summed E-state index contributed by atoms with van der Waals surface area (Å²) in [7, 11) is 1.63. The molecule has 99 valence electrons. The van der Waals surface area contributed by atoms with E-state index in [4.69, 9.17) is 9.39 Å². The highest BCUT2D eigenvalue weighted by Crippen LogP contribution is 2.27. The lowest BCUT2D eigenvalue weighted by Crippen LogP contribution is -2.49. The Morgan fingerprint density at radius 2 is 1.53 bits per heavy atom. The Morgan fingerprint density at radius 3 is 1.82 bits per heavy atom. The maximum Gasteiger partial charge on any atom is 0.643 e. The molecule has 0 aromatic rings. The molecule has 0 spiro atoms. The molecule has 1 N–H and O–H groups in total. The first kappa shape index (κ1) is 16.8. The monoisotopic (exact) mass is 242 g/mol. The Labute approximate surface area is 107 Å². The van der Waals surface area contributed by atoms with E-state index in [-0.39, 0.29) is 12.0 Å². The quantitative estimate of drug-likeness (QED) is 0.551. The van der Waals surface area contributed by atoms with Gasteiger partial charge < -0.3 is 9.76 Å². The standard InChI is InChI=1S/C13H27BO3/c1-9(2)11(16-10(3)4)14-17-13(7,8)12(5,6)15/h9-10,15H,1-8H3/q+1. The van der Waals surface area contributed by atoms with Gasteiger partial charge in [0, 0.05) is 0 Å². The Morgan fingerprint density at radius 1 is 1.06 bits per heavy atom. The topological polar surface area (TPSA) is 38.7 Å². The third kappa shape index (κ3) is 5.80. The Hall–Kier alpha value is -0.185. The van der Waals surface area contributed by atoms with Crippen molar-refractivity contribution in [3.05, 3.63) is 6.00 Å². The molecule has 0 heterocycles. The van der Waals surface area contributed by atoms with Crippen molar-refractivity contribution in [1.82, 2.24) is 0 Å². The van der Waals surface area contributed by atoms with E-state index in [1.165, 1.54) is 0 Å². The summed E-state index contributed by atoms with van der Waals surface area (Å²) in [5.74, 6) is 0.259. The van der Waals surface area contributed by atoms with Crippen molar-refractivity contribution in [1.29, 1.82) is 0 Å². The van der Waals surface area contributed by atoms with Gasteiger partial charge in [0.05, 0.1) is 11.2 Å². The van der Waals surface area contributed by atoms with Crippen LogP contribution in [0.1, 0.15) is 55.4 Å². The SMILES string of the molecule is CC(C)O[C+]([B]OC(C)(C)C(C)(C)O)C(C)C. The van der Waals surface area contributed by atoms with Crippen molar-refractivity contribution in [2.75, 3.05) is 0 Å². The fourth-order valence-electron chi connectivity index (χ4n) is 0.922. The maximum absolute atomic E-state index is 9.98. The number of ether oxygens (including phenoxy) is 1. The van der Waals surface area contributed by atoms with E-state index < -0.39 is 11.2 Å². The van der Waals surface area contributed by atoms with Gasteiger partial charge in [-0.05, 0) is 55.4 Å². The lowest BCUT2D eigenvalue weighted by molar-refractivity contribution is -0.0927. The molecule has 0 fully saturated rings. The molecule has 0 amide bonds. The average molecular weight is 242 g/mol. The lowest BCUT2D eigenvalue weighted by Gasteiger charge is -2.36. The molecule has 0 aromatic heterocycles. The van der Waals surface area contributed by atoms with Gasteiger partial charge in [-0.3, -0.25) is 0 Å². The maximum atomic E-state index is 9.98. The molecule has 0 aromatic carbocycles. The molecule has 0 aliphatic heterocycles. The average Bonchev–Trinajstić information content (AvgIpc) is 2.09. The Bertz CT molecular complexity index is 219. The summed E-state index contributed by atoms with van der Waals surface area (Å²) >= 11 is 0. The summed E-state index contributed by atoms with van der Waals surface area (Å²) in [6.07, 6.45) is 0.123. The summed E-state index contributed by atoms with van der Waals surface area (Å²) < 4.78 is 11.4. The van der Waals surface area contributed by atoms with Gasteiger partial charge in [0.2, 0.25) is 6.00 Å². The highest BCUT2D eigenvalue weighted by molar-refractivity contribution is 6.34. The molecule has 0 unspecified atom stereocenters. The minimum absolute atomic E-state index is 0.123. The normalized spacial score (nSPS) is 13.4. The van der Waals surface area contributed by atoms with E-state index in [9.17, 15) is 5.11 Å². The molecule has 0 saturated carbocycles. The first-order valence-electron chi connectivity index (χ1n) is 6.24. The smallest absolute Gasteiger partial charge is 0.388 e. The second kappa shape index (κ2) is 6.12. The molecular formula is C13H27BO3+. The summed E-state index contributed by atoms with van der Waals surface area (Å²) in [4.78, 5) is 0. The van der Waals surface area contributed by atoms with Crippen LogP contribution in [0.4, 0.5) is 0 Å². The predicted octanol–water partition coefficient (Wildman–Crippen LogP) is 2.74. The van der Waals surface area contributed by atoms with Gasteiger partial charge in [-0.1, -0.05) is 0 Å². The number of hydrogen-bond donors (Lipinski definition) is 1. The minimum atomic E-state index is -0.913. The molecule has 4 heteroatoms. The molecular weight excluding hydrogens is 215 g/mol. The molecule has 0 bridgehead atoms. The second-order valence-electron chi connectivity index (χ2n) is 6.03. The second-order valence-corrected chi connectivity index (χ2v) is 6.03. The highest BCUT2D eigenvalue weighted by Gasteiger charge is 2.42. The van der Waals surface area contributed by atoms with E-state index in [1.54, 1.807) is 21.3 Å². The Kier molecular flexibility index (Phi) is 6.05. The van der Waals surface area contributed by atoms with Crippen LogP contribution in [0, 0.1) is 11.9 Å². The van der Waals surface area contributed by atoms with Crippen LogP contribution in [0.3, 0.4) is 0 Å². The first-order valence-corrected chi connectivity index (χ1v) is 6.24. The molecule has 0 aliphatic carbocycles.